The monoisotopic (exact) mass is 424 g/mol. The number of nitrogens with zero attached hydrogens (tertiary/aromatic N) is 2. The van der Waals surface area contributed by atoms with Crippen molar-refractivity contribution in [1.29, 1.82) is 0 Å². The molecular formula is C25H29FN2OS. The molecule has 0 radical (unpaired) electrons. The number of aromatic nitrogens is 1. The van der Waals surface area contributed by atoms with Crippen molar-refractivity contribution in [3.63, 3.8) is 0 Å². The predicted molar refractivity (Wildman–Crippen MR) is 123 cm³/mol. The maximum Gasteiger partial charge on any atom is 0.259 e. The fraction of sp³-hybridized carbons (Fsp3) is 0.440. The summed E-state index contributed by atoms with van der Waals surface area (Å²) in [4.78, 5) is 6.45. The Morgan fingerprint density at radius 1 is 1.17 bits per heavy atom. The normalized spacial score (nSPS) is 25.8. The van der Waals surface area contributed by atoms with Crippen molar-refractivity contribution in [3.05, 3.63) is 60.2 Å². The Morgan fingerprint density at radius 2 is 2.00 bits per heavy atom. The largest absolute Gasteiger partial charge is 0.467 e. The van der Waals surface area contributed by atoms with Crippen LogP contribution in [0.4, 0.5) is 4.39 Å². The minimum absolute atomic E-state index is 0.135. The molecule has 0 aliphatic heterocycles. The molecule has 0 spiro atoms. The van der Waals surface area contributed by atoms with Crippen LogP contribution in [0.3, 0.4) is 0 Å². The van der Waals surface area contributed by atoms with Crippen molar-refractivity contribution in [1.82, 2.24) is 9.88 Å². The van der Waals surface area contributed by atoms with Crippen LogP contribution in [0.1, 0.15) is 37.8 Å². The Balaban J connectivity index is 1.50. The number of hydrogen-bond acceptors (Lipinski definition) is 3. The highest BCUT2D eigenvalue weighted by atomic mass is 32.1. The molecule has 1 aromatic carbocycles. The van der Waals surface area contributed by atoms with Crippen LogP contribution in [-0.4, -0.2) is 35.3 Å². The first-order valence-electron chi connectivity index (χ1n) is 10.8. The van der Waals surface area contributed by atoms with Gasteiger partial charge in [0.15, 0.2) is 0 Å². The second-order valence-electron chi connectivity index (χ2n) is 8.68. The van der Waals surface area contributed by atoms with Gasteiger partial charge in [-0.15, -0.1) is 0 Å². The van der Waals surface area contributed by atoms with Gasteiger partial charge in [-0.25, -0.2) is 4.39 Å². The number of thiocarbonyl (C=S) groups is 1. The molecule has 0 amide bonds. The number of ether oxygens (including phenoxy) is 1. The van der Waals surface area contributed by atoms with Gasteiger partial charge in [-0.05, 0) is 66.7 Å². The van der Waals surface area contributed by atoms with Gasteiger partial charge in [0, 0.05) is 31.8 Å². The Kier molecular flexibility index (Phi) is 6.47. The van der Waals surface area contributed by atoms with E-state index in [0.717, 1.165) is 29.2 Å². The lowest BCUT2D eigenvalue weighted by Gasteiger charge is -2.28. The number of halogens is 1. The lowest BCUT2D eigenvalue weighted by atomic mass is 9.78. The minimum atomic E-state index is -0.235. The van der Waals surface area contributed by atoms with Gasteiger partial charge in [0.05, 0.1) is 5.69 Å². The van der Waals surface area contributed by atoms with Crippen LogP contribution in [0, 0.1) is 23.6 Å². The summed E-state index contributed by atoms with van der Waals surface area (Å²) in [6.07, 6.45) is 12.6. The van der Waals surface area contributed by atoms with E-state index in [2.05, 4.69) is 17.1 Å². The molecule has 1 aromatic heterocycles. The van der Waals surface area contributed by atoms with E-state index >= 15 is 0 Å². The average molecular weight is 425 g/mol. The molecule has 0 unspecified atom stereocenters. The molecule has 2 aromatic rings. The van der Waals surface area contributed by atoms with Crippen LogP contribution >= 0.6 is 12.2 Å². The van der Waals surface area contributed by atoms with Gasteiger partial charge in [-0.2, -0.15) is 0 Å². The van der Waals surface area contributed by atoms with Crippen molar-refractivity contribution >= 4 is 23.5 Å². The van der Waals surface area contributed by atoms with Crippen LogP contribution in [0.15, 0.2) is 48.7 Å². The number of pyridine rings is 1. The molecule has 3 nitrogen and oxygen atoms in total. The second kappa shape index (κ2) is 9.25. The predicted octanol–water partition coefficient (Wildman–Crippen LogP) is 5.96. The van der Waals surface area contributed by atoms with Gasteiger partial charge in [-0.3, -0.25) is 4.98 Å². The Hall–Kier alpha value is -2.27. The third-order valence-electron chi connectivity index (χ3n) is 6.48. The summed E-state index contributed by atoms with van der Waals surface area (Å²) in [7, 11) is 3.86. The molecule has 0 saturated heterocycles. The number of rotatable bonds is 4. The molecular weight excluding hydrogens is 395 g/mol. The Labute approximate surface area is 184 Å². The topological polar surface area (TPSA) is 25.4 Å². The van der Waals surface area contributed by atoms with Gasteiger partial charge in [0.1, 0.15) is 11.9 Å². The highest BCUT2D eigenvalue weighted by Crippen LogP contribution is 2.48. The quantitative estimate of drug-likeness (QED) is 0.566. The summed E-state index contributed by atoms with van der Waals surface area (Å²) < 4.78 is 19.7. The highest BCUT2D eigenvalue weighted by molar-refractivity contribution is 7.80. The molecule has 1 heterocycles. The smallest absolute Gasteiger partial charge is 0.259 e. The fourth-order valence-electron chi connectivity index (χ4n) is 4.95. The molecule has 4 atom stereocenters. The number of benzene rings is 1. The standard InChI is InChI=1S/C25H29FN2OS/c1-28(2)25(30)29-24-15-18-6-3-4-9-22(18)23(24)13-12-21-11-10-19(16-27-21)17-7-5-8-20(26)14-17/h5,7-8,10-14,16,18,22-24H,3-4,6,9,15H2,1-2H3/b13-12+/t18-,22-,23+,24+/m1/s1. The summed E-state index contributed by atoms with van der Waals surface area (Å²) in [5, 5.41) is 0.564. The van der Waals surface area contributed by atoms with E-state index in [1.54, 1.807) is 6.07 Å². The van der Waals surface area contributed by atoms with Crippen molar-refractivity contribution in [2.45, 2.75) is 38.2 Å². The van der Waals surface area contributed by atoms with E-state index in [4.69, 9.17) is 17.0 Å². The lowest BCUT2D eigenvalue weighted by molar-refractivity contribution is 0.137. The van der Waals surface area contributed by atoms with E-state index < -0.39 is 0 Å². The molecule has 0 N–H and O–H groups in total. The zero-order chi connectivity index (χ0) is 21.1. The third-order valence-corrected chi connectivity index (χ3v) is 6.94. The van der Waals surface area contributed by atoms with E-state index in [1.165, 1.54) is 37.8 Å². The van der Waals surface area contributed by atoms with Crippen molar-refractivity contribution in [2.75, 3.05) is 14.1 Å². The molecule has 2 aliphatic carbocycles. The van der Waals surface area contributed by atoms with E-state index in [9.17, 15) is 4.39 Å². The summed E-state index contributed by atoms with van der Waals surface area (Å²) >= 11 is 5.42. The van der Waals surface area contributed by atoms with Gasteiger partial charge in [0.25, 0.3) is 5.17 Å². The zero-order valence-electron chi connectivity index (χ0n) is 17.6. The summed E-state index contributed by atoms with van der Waals surface area (Å²) in [6, 6.07) is 10.6. The van der Waals surface area contributed by atoms with Gasteiger partial charge < -0.3 is 9.64 Å². The Bertz CT molecular complexity index is 912. The summed E-state index contributed by atoms with van der Waals surface area (Å²) in [5.74, 6) is 1.52. The van der Waals surface area contributed by atoms with E-state index in [1.807, 2.05) is 43.4 Å². The van der Waals surface area contributed by atoms with Crippen LogP contribution in [0.25, 0.3) is 17.2 Å². The zero-order valence-corrected chi connectivity index (χ0v) is 18.4. The number of hydrogen-bond donors (Lipinski definition) is 0. The molecule has 30 heavy (non-hydrogen) atoms. The molecule has 2 saturated carbocycles. The molecule has 4 rings (SSSR count). The first kappa shape index (κ1) is 21.0. The first-order valence-corrected chi connectivity index (χ1v) is 11.2. The first-order chi connectivity index (χ1) is 14.5. The van der Waals surface area contributed by atoms with Crippen molar-refractivity contribution in [3.8, 4) is 11.1 Å². The average Bonchev–Trinajstić information content (AvgIpc) is 3.09. The maximum absolute atomic E-state index is 13.5. The molecule has 2 aliphatic rings. The molecule has 158 valence electrons. The molecule has 5 heteroatoms. The van der Waals surface area contributed by atoms with Crippen molar-refractivity contribution in [2.24, 2.45) is 17.8 Å². The van der Waals surface area contributed by atoms with Crippen LogP contribution < -0.4 is 0 Å². The summed E-state index contributed by atoms with van der Waals surface area (Å²) in [6.45, 7) is 0. The van der Waals surface area contributed by atoms with Crippen LogP contribution in [-0.2, 0) is 4.74 Å². The lowest BCUT2D eigenvalue weighted by Crippen LogP contribution is -2.30. The second-order valence-corrected chi connectivity index (χ2v) is 9.03. The molecule has 2 fully saturated rings. The maximum atomic E-state index is 13.5. The Morgan fingerprint density at radius 3 is 2.73 bits per heavy atom. The molecule has 0 bridgehead atoms. The van der Waals surface area contributed by atoms with E-state index in [-0.39, 0.29) is 11.9 Å². The summed E-state index contributed by atoms with van der Waals surface area (Å²) in [5.41, 5.74) is 2.66. The van der Waals surface area contributed by atoms with Gasteiger partial charge in [0.2, 0.25) is 0 Å². The van der Waals surface area contributed by atoms with Crippen molar-refractivity contribution < 1.29 is 9.13 Å². The van der Waals surface area contributed by atoms with Gasteiger partial charge >= 0.3 is 0 Å². The van der Waals surface area contributed by atoms with Crippen LogP contribution in [0.2, 0.25) is 0 Å². The fourth-order valence-corrected chi connectivity index (χ4v) is 5.07. The van der Waals surface area contributed by atoms with E-state index in [0.29, 0.717) is 17.0 Å². The van der Waals surface area contributed by atoms with Gasteiger partial charge in [-0.1, -0.05) is 43.5 Å². The SMILES string of the molecule is CN(C)C(=S)O[C@H]1C[C@H]2CCCC[C@H]2[C@@H]1/C=C/c1ccc(-c2cccc(F)c2)cn1. The van der Waals surface area contributed by atoms with Crippen LogP contribution in [0.5, 0.6) is 0 Å². The highest BCUT2D eigenvalue weighted by Gasteiger charge is 2.44. The number of fused-ring (bicyclic) bond motifs is 1. The third kappa shape index (κ3) is 4.72. The minimum Gasteiger partial charge on any atom is -0.467 e.